The van der Waals surface area contributed by atoms with Crippen molar-refractivity contribution in [2.24, 2.45) is 5.73 Å². The second-order valence-corrected chi connectivity index (χ2v) is 6.73. The van der Waals surface area contributed by atoms with Crippen molar-refractivity contribution in [2.75, 3.05) is 30.0 Å². The molecule has 0 spiro atoms. The van der Waals surface area contributed by atoms with Crippen molar-refractivity contribution >= 4 is 35.0 Å². The normalized spacial score (nSPS) is 19.6. The maximum atomic E-state index is 12.0. The number of carbonyl (C=O) groups excluding carboxylic acids is 1. The molecule has 1 aromatic carbocycles. The number of halogens is 1. The van der Waals surface area contributed by atoms with Gasteiger partial charge in [0.15, 0.2) is 0 Å². The smallest absolute Gasteiger partial charge is 0.237 e. The molecule has 0 saturated carbocycles. The number of nitrogens with zero attached hydrogens (tertiary/aromatic N) is 1. The van der Waals surface area contributed by atoms with E-state index in [-0.39, 0.29) is 11.9 Å². The highest BCUT2D eigenvalue weighted by molar-refractivity contribution is 7.98. The van der Waals surface area contributed by atoms with Gasteiger partial charge in [-0.25, -0.2) is 0 Å². The van der Waals surface area contributed by atoms with Crippen molar-refractivity contribution in [3.63, 3.8) is 0 Å². The zero-order chi connectivity index (χ0) is 15.2. The van der Waals surface area contributed by atoms with Gasteiger partial charge in [0.05, 0.1) is 6.04 Å². The molecule has 0 radical (unpaired) electrons. The van der Waals surface area contributed by atoms with Crippen LogP contribution in [0.1, 0.15) is 12.8 Å². The number of thioether (sulfide) groups is 1. The van der Waals surface area contributed by atoms with Crippen molar-refractivity contribution in [1.82, 2.24) is 5.32 Å². The van der Waals surface area contributed by atoms with Crippen LogP contribution in [0.3, 0.4) is 0 Å². The predicted octanol–water partition coefficient (Wildman–Crippen LogP) is 2.12. The lowest BCUT2D eigenvalue weighted by Gasteiger charge is -2.20. The van der Waals surface area contributed by atoms with Crippen LogP contribution >= 0.6 is 23.4 Å². The van der Waals surface area contributed by atoms with Crippen LogP contribution in [-0.4, -0.2) is 43.1 Å². The fourth-order valence-corrected chi connectivity index (χ4v) is 3.06. The molecule has 1 aliphatic heterocycles. The van der Waals surface area contributed by atoms with E-state index in [1.165, 1.54) is 0 Å². The van der Waals surface area contributed by atoms with Gasteiger partial charge in [-0.2, -0.15) is 11.8 Å². The molecular weight excluding hydrogens is 306 g/mol. The van der Waals surface area contributed by atoms with Gasteiger partial charge >= 0.3 is 0 Å². The summed E-state index contributed by atoms with van der Waals surface area (Å²) in [5.74, 6) is 0.878. The van der Waals surface area contributed by atoms with E-state index in [0.29, 0.717) is 0 Å². The van der Waals surface area contributed by atoms with E-state index in [4.69, 9.17) is 17.3 Å². The summed E-state index contributed by atoms with van der Waals surface area (Å²) in [7, 11) is 0. The number of hydrogen-bond acceptors (Lipinski definition) is 4. The maximum absolute atomic E-state index is 12.0. The Kier molecular flexibility index (Phi) is 6.21. The van der Waals surface area contributed by atoms with E-state index in [0.717, 1.165) is 42.4 Å². The summed E-state index contributed by atoms with van der Waals surface area (Å²) in [6.07, 6.45) is 3.69. The fourth-order valence-electron chi connectivity index (χ4n) is 2.45. The Morgan fingerprint density at radius 3 is 2.90 bits per heavy atom. The molecule has 1 aromatic rings. The molecule has 4 nitrogen and oxygen atoms in total. The Hall–Kier alpha value is -0.910. The van der Waals surface area contributed by atoms with E-state index in [9.17, 15) is 4.79 Å². The zero-order valence-corrected chi connectivity index (χ0v) is 13.8. The molecule has 3 N–H and O–H groups in total. The fraction of sp³-hybridized carbons (Fsp3) is 0.533. The molecule has 0 aliphatic carbocycles. The molecule has 2 unspecified atom stereocenters. The van der Waals surface area contributed by atoms with Crippen molar-refractivity contribution in [3.05, 3.63) is 29.3 Å². The van der Waals surface area contributed by atoms with Crippen LogP contribution in [0.4, 0.5) is 5.69 Å². The third-order valence-corrected chi connectivity index (χ3v) is 4.59. The first kappa shape index (κ1) is 16.5. The van der Waals surface area contributed by atoms with Crippen molar-refractivity contribution in [1.29, 1.82) is 0 Å². The van der Waals surface area contributed by atoms with Crippen LogP contribution in [0.2, 0.25) is 5.02 Å². The Morgan fingerprint density at radius 1 is 1.52 bits per heavy atom. The SMILES string of the molecule is CSCCC(N)C(=O)NC1CCN(c2ccc(Cl)cc2)C1. The first-order valence-corrected chi connectivity index (χ1v) is 8.92. The van der Waals surface area contributed by atoms with Crippen LogP contribution in [0.5, 0.6) is 0 Å². The largest absolute Gasteiger partial charge is 0.369 e. The van der Waals surface area contributed by atoms with Crippen molar-refractivity contribution in [3.8, 4) is 0 Å². The molecule has 116 valence electrons. The Morgan fingerprint density at radius 2 is 2.24 bits per heavy atom. The first-order chi connectivity index (χ1) is 10.1. The molecule has 2 rings (SSSR count). The molecule has 1 fully saturated rings. The molecule has 1 saturated heterocycles. The topological polar surface area (TPSA) is 58.4 Å². The van der Waals surface area contributed by atoms with E-state index in [1.54, 1.807) is 11.8 Å². The monoisotopic (exact) mass is 327 g/mol. The predicted molar refractivity (Wildman–Crippen MR) is 91.2 cm³/mol. The average molecular weight is 328 g/mol. The number of carbonyl (C=O) groups is 1. The minimum atomic E-state index is -0.401. The highest BCUT2D eigenvalue weighted by Crippen LogP contribution is 2.22. The summed E-state index contributed by atoms with van der Waals surface area (Å²) in [6.45, 7) is 1.76. The summed E-state index contributed by atoms with van der Waals surface area (Å²) < 4.78 is 0. The molecule has 21 heavy (non-hydrogen) atoms. The zero-order valence-electron chi connectivity index (χ0n) is 12.2. The average Bonchev–Trinajstić information content (AvgIpc) is 2.93. The van der Waals surface area contributed by atoms with Gasteiger partial charge in [0.25, 0.3) is 0 Å². The van der Waals surface area contributed by atoms with Gasteiger partial charge in [0.1, 0.15) is 0 Å². The van der Waals surface area contributed by atoms with Crippen LogP contribution in [-0.2, 0) is 4.79 Å². The van der Waals surface area contributed by atoms with Crippen LogP contribution in [0, 0.1) is 0 Å². The number of anilines is 1. The molecular formula is C15H22ClN3OS. The number of nitrogens with two attached hydrogens (primary N) is 1. The van der Waals surface area contributed by atoms with Gasteiger partial charge in [0, 0.05) is 29.8 Å². The third kappa shape index (κ3) is 4.80. The Balaban J connectivity index is 1.82. The van der Waals surface area contributed by atoms with Crippen LogP contribution in [0.25, 0.3) is 0 Å². The molecule has 1 amide bonds. The highest BCUT2D eigenvalue weighted by Gasteiger charge is 2.25. The summed E-state index contributed by atoms with van der Waals surface area (Å²) in [5, 5.41) is 3.80. The van der Waals surface area contributed by atoms with Crippen molar-refractivity contribution in [2.45, 2.75) is 24.9 Å². The molecule has 0 aromatic heterocycles. The van der Waals surface area contributed by atoms with E-state index in [1.807, 2.05) is 30.5 Å². The number of rotatable bonds is 6. The minimum Gasteiger partial charge on any atom is -0.369 e. The van der Waals surface area contributed by atoms with E-state index < -0.39 is 6.04 Å². The lowest BCUT2D eigenvalue weighted by Crippen LogP contribution is -2.46. The second kappa shape index (κ2) is 7.92. The summed E-state index contributed by atoms with van der Waals surface area (Å²) >= 11 is 7.61. The molecule has 1 aliphatic rings. The number of benzene rings is 1. The van der Waals surface area contributed by atoms with Gasteiger partial charge in [-0.1, -0.05) is 11.6 Å². The first-order valence-electron chi connectivity index (χ1n) is 7.15. The van der Waals surface area contributed by atoms with Crippen LogP contribution < -0.4 is 16.0 Å². The molecule has 2 atom stereocenters. The number of nitrogens with one attached hydrogen (secondary N) is 1. The summed E-state index contributed by atoms with van der Waals surface area (Å²) in [4.78, 5) is 14.3. The van der Waals surface area contributed by atoms with Crippen LogP contribution in [0.15, 0.2) is 24.3 Å². The number of amides is 1. The van der Waals surface area contributed by atoms with Crippen molar-refractivity contribution < 1.29 is 4.79 Å². The maximum Gasteiger partial charge on any atom is 0.237 e. The standard InChI is InChI=1S/C15H22ClN3OS/c1-21-9-7-14(17)15(20)18-12-6-8-19(10-12)13-4-2-11(16)3-5-13/h2-5,12,14H,6-10,17H2,1H3,(H,18,20). The van der Waals surface area contributed by atoms with Gasteiger partial charge < -0.3 is 16.0 Å². The molecule has 0 bridgehead atoms. The lowest BCUT2D eigenvalue weighted by molar-refractivity contribution is -0.122. The number of hydrogen-bond donors (Lipinski definition) is 2. The van der Waals surface area contributed by atoms with E-state index in [2.05, 4.69) is 10.2 Å². The molecule has 1 heterocycles. The van der Waals surface area contributed by atoms with Gasteiger partial charge in [0.2, 0.25) is 5.91 Å². The summed E-state index contributed by atoms with van der Waals surface area (Å²) in [6, 6.07) is 7.57. The van der Waals surface area contributed by atoms with Gasteiger partial charge in [-0.05, 0) is 49.1 Å². The van der Waals surface area contributed by atoms with Gasteiger partial charge in [-0.15, -0.1) is 0 Å². The highest BCUT2D eigenvalue weighted by atomic mass is 35.5. The Bertz CT molecular complexity index is 468. The minimum absolute atomic E-state index is 0.0352. The third-order valence-electron chi connectivity index (χ3n) is 3.70. The Labute approximate surface area is 135 Å². The van der Waals surface area contributed by atoms with E-state index >= 15 is 0 Å². The van der Waals surface area contributed by atoms with Gasteiger partial charge in [-0.3, -0.25) is 4.79 Å². The summed E-state index contributed by atoms with van der Waals surface area (Å²) in [5.41, 5.74) is 7.03. The second-order valence-electron chi connectivity index (χ2n) is 5.30. The lowest BCUT2D eigenvalue weighted by atomic mass is 10.2. The molecule has 6 heteroatoms. The quantitative estimate of drug-likeness (QED) is 0.840.